The summed E-state index contributed by atoms with van der Waals surface area (Å²) < 4.78 is 5.23. The molecule has 1 N–H and O–H groups in total. The molecule has 3 rings (SSSR count). The highest BCUT2D eigenvalue weighted by molar-refractivity contribution is 6.05. The highest BCUT2D eigenvalue weighted by atomic mass is 16.5. The second kappa shape index (κ2) is 7.55. The molecule has 2 heterocycles. The molecule has 25 heavy (non-hydrogen) atoms. The standard InChI is InChI=1S/C18H16N4O3/c19-12-13-2-1-3-15(10-13)21-17(23)14-4-5-20-16(11-14)18(24)22-6-8-25-9-7-22/h1-5,10-11H,6-9H2,(H,21,23). The monoisotopic (exact) mass is 336 g/mol. The summed E-state index contributed by atoms with van der Waals surface area (Å²) in [5.41, 5.74) is 1.52. The van der Waals surface area contributed by atoms with Crippen LogP contribution in [0.15, 0.2) is 42.6 Å². The van der Waals surface area contributed by atoms with E-state index in [0.29, 0.717) is 43.1 Å². The zero-order valence-corrected chi connectivity index (χ0v) is 13.4. The van der Waals surface area contributed by atoms with E-state index in [9.17, 15) is 9.59 Å². The van der Waals surface area contributed by atoms with Crippen molar-refractivity contribution in [2.45, 2.75) is 0 Å². The van der Waals surface area contributed by atoms with Gasteiger partial charge in [0.15, 0.2) is 0 Å². The SMILES string of the molecule is N#Cc1cccc(NC(=O)c2ccnc(C(=O)N3CCOCC3)c2)c1. The fourth-order valence-electron chi connectivity index (χ4n) is 2.49. The molecule has 1 aromatic carbocycles. The number of amides is 2. The Kier molecular flexibility index (Phi) is 5.02. The van der Waals surface area contributed by atoms with Gasteiger partial charge in [0.1, 0.15) is 5.69 Å². The third kappa shape index (κ3) is 4.00. The normalized spacial score (nSPS) is 13.8. The summed E-state index contributed by atoms with van der Waals surface area (Å²) in [6.45, 7) is 2.03. The van der Waals surface area contributed by atoms with Crippen LogP contribution >= 0.6 is 0 Å². The first-order chi connectivity index (χ1) is 12.2. The quantitative estimate of drug-likeness (QED) is 0.920. The van der Waals surface area contributed by atoms with Gasteiger partial charge in [0.05, 0.1) is 24.8 Å². The van der Waals surface area contributed by atoms with Gasteiger partial charge < -0.3 is 15.0 Å². The summed E-state index contributed by atoms with van der Waals surface area (Å²) in [7, 11) is 0. The van der Waals surface area contributed by atoms with E-state index in [1.807, 2.05) is 6.07 Å². The number of carbonyl (C=O) groups excluding carboxylic acids is 2. The van der Waals surface area contributed by atoms with Crippen LogP contribution in [0.1, 0.15) is 26.4 Å². The van der Waals surface area contributed by atoms with Crippen molar-refractivity contribution in [2.24, 2.45) is 0 Å². The fourth-order valence-corrected chi connectivity index (χ4v) is 2.49. The zero-order chi connectivity index (χ0) is 17.6. The second-order valence-corrected chi connectivity index (χ2v) is 5.48. The topological polar surface area (TPSA) is 95.3 Å². The van der Waals surface area contributed by atoms with Gasteiger partial charge in [-0.05, 0) is 30.3 Å². The summed E-state index contributed by atoms with van der Waals surface area (Å²) in [6.07, 6.45) is 1.44. The first-order valence-corrected chi connectivity index (χ1v) is 7.82. The largest absolute Gasteiger partial charge is 0.378 e. The molecule has 0 unspecified atom stereocenters. The third-order valence-corrected chi connectivity index (χ3v) is 3.79. The molecule has 0 spiro atoms. The van der Waals surface area contributed by atoms with E-state index in [2.05, 4.69) is 10.3 Å². The Labute approximate surface area is 144 Å². The number of aromatic nitrogens is 1. The predicted molar refractivity (Wildman–Crippen MR) is 90.1 cm³/mol. The van der Waals surface area contributed by atoms with Crippen molar-refractivity contribution in [2.75, 3.05) is 31.6 Å². The number of hydrogen-bond donors (Lipinski definition) is 1. The number of ether oxygens (including phenoxy) is 1. The van der Waals surface area contributed by atoms with Crippen LogP contribution < -0.4 is 5.32 Å². The Hall–Kier alpha value is -3.24. The zero-order valence-electron chi connectivity index (χ0n) is 13.4. The lowest BCUT2D eigenvalue weighted by Gasteiger charge is -2.26. The molecule has 0 saturated carbocycles. The number of hydrogen-bond acceptors (Lipinski definition) is 5. The molecule has 2 amide bonds. The highest BCUT2D eigenvalue weighted by Gasteiger charge is 2.20. The lowest BCUT2D eigenvalue weighted by Crippen LogP contribution is -2.41. The highest BCUT2D eigenvalue weighted by Crippen LogP contribution is 2.13. The number of morpholine rings is 1. The number of benzene rings is 1. The Morgan fingerprint density at radius 1 is 1.20 bits per heavy atom. The van der Waals surface area contributed by atoms with Crippen molar-refractivity contribution < 1.29 is 14.3 Å². The molecule has 7 heteroatoms. The van der Waals surface area contributed by atoms with E-state index in [1.165, 1.54) is 12.3 Å². The van der Waals surface area contributed by atoms with Crippen molar-refractivity contribution in [1.82, 2.24) is 9.88 Å². The van der Waals surface area contributed by atoms with Gasteiger partial charge in [-0.1, -0.05) is 6.07 Å². The lowest BCUT2D eigenvalue weighted by atomic mass is 10.1. The Morgan fingerprint density at radius 3 is 2.76 bits per heavy atom. The van der Waals surface area contributed by atoms with Gasteiger partial charge in [-0.3, -0.25) is 14.6 Å². The van der Waals surface area contributed by atoms with E-state index in [0.717, 1.165) is 0 Å². The molecule has 0 atom stereocenters. The van der Waals surface area contributed by atoms with Crippen molar-refractivity contribution >= 4 is 17.5 Å². The summed E-state index contributed by atoms with van der Waals surface area (Å²) in [4.78, 5) is 30.6. The molecule has 2 aromatic rings. The van der Waals surface area contributed by atoms with Gasteiger partial charge in [-0.2, -0.15) is 5.26 Å². The molecule has 7 nitrogen and oxygen atoms in total. The molecule has 1 fully saturated rings. The molecule has 1 aliphatic heterocycles. The molecular weight excluding hydrogens is 320 g/mol. The average Bonchev–Trinajstić information content (AvgIpc) is 2.68. The minimum absolute atomic E-state index is 0.218. The van der Waals surface area contributed by atoms with Crippen molar-refractivity contribution in [3.05, 3.63) is 59.4 Å². The van der Waals surface area contributed by atoms with Crippen molar-refractivity contribution in [3.8, 4) is 6.07 Å². The summed E-state index contributed by atoms with van der Waals surface area (Å²) >= 11 is 0. The Balaban J connectivity index is 1.75. The molecule has 0 aliphatic carbocycles. The molecular formula is C18H16N4O3. The second-order valence-electron chi connectivity index (χ2n) is 5.48. The average molecular weight is 336 g/mol. The van der Waals surface area contributed by atoms with Gasteiger partial charge in [-0.25, -0.2) is 0 Å². The molecule has 0 bridgehead atoms. The van der Waals surface area contributed by atoms with E-state index < -0.39 is 0 Å². The molecule has 1 aliphatic rings. The van der Waals surface area contributed by atoms with Crippen LogP contribution in [0.5, 0.6) is 0 Å². The Bertz CT molecular complexity index is 838. The molecule has 0 radical (unpaired) electrons. The fraction of sp³-hybridized carbons (Fsp3) is 0.222. The minimum atomic E-state index is -0.367. The smallest absolute Gasteiger partial charge is 0.272 e. The van der Waals surface area contributed by atoms with Gasteiger partial charge in [0, 0.05) is 30.5 Å². The number of rotatable bonds is 3. The first kappa shape index (κ1) is 16.6. The number of nitriles is 1. The van der Waals surface area contributed by atoms with Crippen LogP contribution in [-0.2, 0) is 4.74 Å². The minimum Gasteiger partial charge on any atom is -0.378 e. The Morgan fingerprint density at radius 2 is 2.00 bits per heavy atom. The number of nitrogens with zero attached hydrogens (tertiary/aromatic N) is 3. The third-order valence-electron chi connectivity index (χ3n) is 3.79. The van der Waals surface area contributed by atoms with E-state index in [4.69, 9.17) is 10.00 Å². The lowest BCUT2D eigenvalue weighted by molar-refractivity contribution is 0.0299. The first-order valence-electron chi connectivity index (χ1n) is 7.82. The van der Waals surface area contributed by atoms with Crippen LogP contribution in [-0.4, -0.2) is 48.0 Å². The van der Waals surface area contributed by atoms with Crippen LogP contribution in [0.25, 0.3) is 0 Å². The maximum atomic E-state index is 12.5. The van der Waals surface area contributed by atoms with Crippen molar-refractivity contribution in [1.29, 1.82) is 5.26 Å². The van der Waals surface area contributed by atoms with Crippen LogP contribution in [0.2, 0.25) is 0 Å². The number of anilines is 1. The van der Waals surface area contributed by atoms with Gasteiger partial charge in [0.2, 0.25) is 0 Å². The van der Waals surface area contributed by atoms with Gasteiger partial charge >= 0.3 is 0 Å². The van der Waals surface area contributed by atoms with Crippen molar-refractivity contribution in [3.63, 3.8) is 0 Å². The van der Waals surface area contributed by atoms with E-state index in [-0.39, 0.29) is 17.5 Å². The maximum Gasteiger partial charge on any atom is 0.272 e. The van der Waals surface area contributed by atoms with E-state index >= 15 is 0 Å². The van der Waals surface area contributed by atoms with Gasteiger partial charge in [-0.15, -0.1) is 0 Å². The number of carbonyl (C=O) groups is 2. The van der Waals surface area contributed by atoms with E-state index in [1.54, 1.807) is 35.2 Å². The predicted octanol–water partition coefficient (Wildman–Crippen LogP) is 1.68. The summed E-state index contributed by atoms with van der Waals surface area (Å²) in [5.74, 6) is -0.585. The number of nitrogens with one attached hydrogen (secondary N) is 1. The molecule has 1 aromatic heterocycles. The van der Waals surface area contributed by atoms with Crippen LogP contribution in [0.4, 0.5) is 5.69 Å². The van der Waals surface area contributed by atoms with Gasteiger partial charge in [0.25, 0.3) is 11.8 Å². The molecule has 1 saturated heterocycles. The van der Waals surface area contributed by atoms with Crippen LogP contribution in [0.3, 0.4) is 0 Å². The maximum absolute atomic E-state index is 12.5. The summed E-state index contributed by atoms with van der Waals surface area (Å²) in [6, 6.07) is 11.7. The number of pyridine rings is 1. The van der Waals surface area contributed by atoms with Crippen LogP contribution in [0, 0.1) is 11.3 Å². The molecule has 126 valence electrons. The summed E-state index contributed by atoms with van der Waals surface area (Å²) in [5, 5.41) is 11.6.